The summed E-state index contributed by atoms with van der Waals surface area (Å²) in [5.41, 5.74) is -0.851. The molecule has 1 heterocycles. The van der Waals surface area contributed by atoms with Gasteiger partial charge in [0.1, 0.15) is 0 Å². The predicted molar refractivity (Wildman–Crippen MR) is 76.5 cm³/mol. The highest BCUT2D eigenvalue weighted by Gasteiger charge is 2.46. The number of carbonyl (C=O) groups is 3. The van der Waals surface area contributed by atoms with Gasteiger partial charge in [-0.1, -0.05) is 6.42 Å². The van der Waals surface area contributed by atoms with Crippen molar-refractivity contribution >= 4 is 17.8 Å². The van der Waals surface area contributed by atoms with Crippen molar-refractivity contribution in [3.63, 3.8) is 0 Å². The number of nitrogens with zero attached hydrogens (tertiary/aromatic N) is 1. The standard InChI is InChI=1S/C15H24N2O4/c1-10(18)17-8-5-11(6-9-17)13(19)16-12-4-3-7-15(12,2)14(20)21/h11-12H,3-9H2,1-2H3,(H,16,19)(H,20,21). The number of carbonyl (C=O) groups excluding carboxylic acids is 2. The number of amides is 2. The normalized spacial score (nSPS) is 30.2. The molecule has 21 heavy (non-hydrogen) atoms. The van der Waals surface area contributed by atoms with Gasteiger partial charge in [0.15, 0.2) is 0 Å². The van der Waals surface area contributed by atoms with E-state index in [0.29, 0.717) is 32.4 Å². The van der Waals surface area contributed by atoms with Crippen LogP contribution in [-0.4, -0.2) is 46.9 Å². The SMILES string of the molecule is CC(=O)N1CCC(C(=O)NC2CCCC2(C)C(=O)O)CC1. The Kier molecular flexibility index (Phi) is 4.54. The summed E-state index contributed by atoms with van der Waals surface area (Å²) in [6.45, 7) is 4.46. The van der Waals surface area contributed by atoms with E-state index in [9.17, 15) is 19.5 Å². The summed E-state index contributed by atoms with van der Waals surface area (Å²) in [4.78, 5) is 36.8. The van der Waals surface area contributed by atoms with E-state index in [1.165, 1.54) is 6.92 Å². The summed E-state index contributed by atoms with van der Waals surface area (Å²) in [6, 6.07) is -0.284. The molecule has 2 fully saturated rings. The maximum absolute atomic E-state index is 12.3. The van der Waals surface area contributed by atoms with Crippen LogP contribution in [0.3, 0.4) is 0 Å². The van der Waals surface area contributed by atoms with E-state index in [1.54, 1.807) is 11.8 Å². The third-order valence-electron chi connectivity index (χ3n) is 5.07. The molecule has 2 aliphatic rings. The van der Waals surface area contributed by atoms with Crippen molar-refractivity contribution in [2.24, 2.45) is 11.3 Å². The summed E-state index contributed by atoms with van der Waals surface area (Å²) >= 11 is 0. The van der Waals surface area contributed by atoms with Crippen molar-refractivity contribution in [1.82, 2.24) is 10.2 Å². The maximum atomic E-state index is 12.3. The zero-order valence-corrected chi connectivity index (χ0v) is 12.7. The molecule has 1 saturated heterocycles. The lowest BCUT2D eigenvalue weighted by Gasteiger charge is -2.33. The van der Waals surface area contributed by atoms with Crippen LogP contribution in [0.25, 0.3) is 0 Å². The van der Waals surface area contributed by atoms with Crippen molar-refractivity contribution in [1.29, 1.82) is 0 Å². The highest BCUT2D eigenvalue weighted by atomic mass is 16.4. The van der Waals surface area contributed by atoms with Crippen LogP contribution in [0, 0.1) is 11.3 Å². The largest absolute Gasteiger partial charge is 0.481 e. The minimum Gasteiger partial charge on any atom is -0.481 e. The van der Waals surface area contributed by atoms with Crippen molar-refractivity contribution in [3.05, 3.63) is 0 Å². The second-order valence-electron chi connectivity index (χ2n) is 6.46. The summed E-state index contributed by atoms with van der Waals surface area (Å²) in [5.74, 6) is -0.961. The monoisotopic (exact) mass is 296 g/mol. The number of likely N-dealkylation sites (tertiary alicyclic amines) is 1. The Morgan fingerprint density at radius 1 is 1.19 bits per heavy atom. The molecule has 0 spiro atoms. The van der Waals surface area contributed by atoms with Gasteiger partial charge in [0.05, 0.1) is 5.41 Å². The minimum atomic E-state index is -0.851. The maximum Gasteiger partial charge on any atom is 0.311 e. The minimum absolute atomic E-state index is 0.0445. The lowest BCUT2D eigenvalue weighted by atomic mass is 9.84. The van der Waals surface area contributed by atoms with E-state index >= 15 is 0 Å². The number of carboxylic acids is 1. The summed E-state index contributed by atoms with van der Waals surface area (Å²) in [5, 5.41) is 12.3. The lowest BCUT2D eigenvalue weighted by molar-refractivity contribution is -0.149. The van der Waals surface area contributed by atoms with Crippen LogP contribution >= 0.6 is 0 Å². The molecule has 2 unspecified atom stereocenters. The number of hydrogen-bond donors (Lipinski definition) is 2. The van der Waals surface area contributed by atoms with Gasteiger partial charge in [0.25, 0.3) is 0 Å². The first-order chi connectivity index (χ1) is 9.84. The molecule has 1 aliphatic carbocycles. The van der Waals surface area contributed by atoms with E-state index in [-0.39, 0.29) is 23.8 Å². The third kappa shape index (κ3) is 3.19. The highest BCUT2D eigenvalue weighted by molar-refractivity contribution is 5.82. The Hall–Kier alpha value is -1.59. The van der Waals surface area contributed by atoms with Crippen molar-refractivity contribution in [2.45, 2.75) is 52.0 Å². The predicted octanol–water partition coefficient (Wildman–Crippen LogP) is 1.00. The number of piperidine rings is 1. The second kappa shape index (κ2) is 6.03. The van der Waals surface area contributed by atoms with Gasteiger partial charge in [-0.05, 0) is 32.6 Å². The number of carboxylic acid groups (broad SMARTS) is 1. The van der Waals surface area contributed by atoms with Gasteiger partial charge in [-0.25, -0.2) is 0 Å². The Morgan fingerprint density at radius 2 is 1.81 bits per heavy atom. The molecule has 6 nitrogen and oxygen atoms in total. The lowest BCUT2D eigenvalue weighted by Crippen LogP contribution is -2.50. The van der Waals surface area contributed by atoms with Crippen molar-refractivity contribution in [3.8, 4) is 0 Å². The van der Waals surface area contributed by atoms with Gasteiger partial charge in [0, 0.05) is 32.0 Å². The molecular formula is C15H24N2O4. The van der Waals surface area contributed by atoms with E-state index in [4.69, 9.17) is 0 Å². The van der Waals surface area contributed by atoms with Crippen LogP contribution in [0.1, 0.15) is 46.0 Å². The number of nitrogens with one attached hydrogen (secondary N) is 1. The van der Waals surface area contributed by atoms with Gasteiger partial charge >= 0.3 is 5.97 Å². The summed E-state index contributed by atoms with van der Waals surface area (Å²) < 4.78 is 0. The van der Waals surface area contributed by atoms with Gasteiger partial charge in [-0.15, -0.1) is 0 Å². The van der Waals surface area contributed by atoms with Gasteiger partial charge < -0.3 is 15.3 Å². The zero-order chi connectivity index (χ0) is 15.6. The topological polar surface area (TPSA) is 86.7 Å². The molecule has 2 amide bonds. The fourth-order valence-corrected chi connectivity index (χ4v) is 3.40. The molecule has 0 radical (unpaired) electrons. The van der Waals surface area contributed by atoms with E-state index in [0.717, 1.165) is 12.8 Å². The van der Waals surface area contributed by atoms with Crippen LogP contribution in [0.4, 0.5) is 0 Å². The fourth-order valence-electron chi connectivity index (χ4n) is 3.40. The first-order valence-corrected chi connectivity index (χ1v) is 7.64. The van der Waals surface area contributed by atoms with Crippen molar-refractivity contribution < 1.29 is 19.5 Å². The third-order valence-corrected chi connectivity index (χ3v) is 5.07. The molecule has 118 valence electrons. The van der Waals surface area contributed by atoms with Crippen LogP contribution in [0.15, 0.2) is 0 Å². The molecule has 0 aromatic heterocycles. The Morgan fingerprint density at radius 3 is 2.33 bits per heavy atom. The average molecular weight is 296 g/mol. The smallest absolute Gasteiger partial charge is 0.311 e. The summed E-state index contributed by atoms with van der Waals surface area (Å²) in [7, 11) is 0. The fraction of sp³-hybridized carbons (Fsp3) is 0.800. The number of rotatable bonds is 3. The molecule has 1 aliphatic heterocycles. The van der Waals surface area contributed by atoms with Crippen LogP contribution < -0.4 is 5.32 Å². The molecule has 2 N–H and O–H groups in total. The number of aliphatic carboxylic acids is 1. The Balaban J connectivity index is 1.91. The molecule has 6 heteroatoms. The van der Waals surface area contributed by atoms with Crippen molar-refractivity contribution in [2.75, 3.05) is 13.1 Å². The van der Waals surface area contributed by atoms with Gasteiger partial charge in [-0.2, -0.15) is 0 Å². The molecule has 0 bridgehead atoms. The molecule has 2 atom stereocenters. The van der Waals surface area contributed by atoms with Gasteiger partial charge in [-0.3, -0.25) is 14.4 Å². The molecule has 0 aromatic rings. The molecule has 2 rings (SSSR count). The number of hydrogen-bond acceptors (Lipinski definition) is 3. The highest BCUT2D eigenvalue weighted by Crippen LogP contribution is 2.38. The van der Waals surface area contributed by atoms with E-state index in [2.05, 4.69) is 5.32 Å². The average Bonchev–Trinajstić information content (AvgIpc) is 2.81. The summed E-state index contributed by atoms with van der Waals surface area (Å²) in [6.07, 6.45) is 3.47. The quantitative estimate of drug-likeness (QED) is 0.813. The van der Waals surface area contributed by atoms with E-state index < -0.39 is 11.4 Å². The Bertz CT molecular complexity index is 443. The molecule has 1 saturated carbocycles. The van der Waals surface area contributed by atoms with Crippen LogP contribution in [0.5, 0.6) is 0 Å². The first kappa shape index (κ1) is 15.8. The van der Waals surface area contributed by atoms with Crippen LogP contribution in [-0.2, 0) is 14.4 Å². The Labute approximate surface area is 124 Å². The zero-order valence-electron chi connectivity index (χ0n) is 12.7. The van der Waals surface area contributed by atoms with Crippen LogP contribution in [0.2, 0.25) is 0 Å². The van der Waals surface area contributed by atoms with Gasteiger partial charge in [0.2, 0.25) is 11.8 Å². The molecule has 0 aromatic carbocycles. The van der Waals surface area contributed by atoms with E-state index in [1.807, 2.05) is 0 Å². The molecular weight excluding hydrogens is 272 g/mol. The first-order valence-electron chi connectivity index (χ1n) is 7.64. The second-order valence-corrected chi connectivity index (χ2v) is 6.46.